The van der Waals surface area contributed by atoms with Gasteiger partial charge in [0.05, 0.1) is 31.4 Å². The third-order valence-electron chi connectivity index (χ3n) is 4.97. The van der Waals surface area contributed by atoms with Crippen molar-refractivity contribution in [2.24, 2.45) is 0 Å². The van der Waals surface area contributed by atoms with E-state index >= 15 is 0 Å². The molecule has 0 bridgehead atoms. The lowest BCUT2D eigenvalue weighted by Gasteiger charge is -2.18. The van der Waals surface area contributed by atoms with E-state index in [4.69, 9.17) is 14.2 Å². The SMILES string of the molecule is O=C(N[C@H]1CO[C@H]2[C@@H]1OC[C@@H]2O)c1ccccc1OCCc1ccccc1. The van der Waals surface area contributed by atoms with E-state index < -0.39 is 6.10 Å². The highest BCUT2D eigenvalue weighted by Gasteiger charge is 2.47. The van der Waals surface area contributed by atoms with Crippen LogP contribution in [0.3, 0.4) is 0 Å². The quantitative estimate of drug-likeness (QED) is 0.808. The maximum Gasteiger partial charge on any atom is 0.255 e. The Morgan fingerprint density at radius 2 is 1.78 bits per heavy atom. The van der Waals surface area contributed by atoms with Gasteiger partial charge in [0, 0.05) is 6.42 Å². The van der Waals surface area contributed by atoms with Gasteiger partial charge in [-0.3, -0.25) is 4.79 Å². The average Bonchev–Trinajstić information content (AvgIpc) is 3.26. The van der Waals surface area contributed by atoms with Crippen LogP contribution in [0.15, 0.2) is 54.6 Å². The molecule has 2 aromatic carbocycles. The largest absolute Gasteiger partial charge is 0.492 e. The maximum atomic E-state index is 12.8. The number of para-hydroxylation sites is 1. The summed E-state index contributed by atoms with van der Waals surface area (Å²) in [5, 5.41) is 12.8. The number of nitrogens with one attached hydrogen (secondary N) is 1. The van der Waals surface area contributed by atoms with E-state index in [9.17, 15) is 9.90 Å². The zero-order valence-electron chi connectivity index (χ0n) is 14.9. The van der Waals surface area contributed by atoms with Gasteiger partial charge in [0.1, 0.15) is 24.1 Å². The second-order valence-corrected chi connectivity index (χ2v) is 6.82. The number of hydrogen-bond acceptors (Lipinski definition) is 5. The minimum atomic E-state index is -0.634. The van der Waals surface area contributed by atoms with Crippen molar-refractivity contribution in [1.29, 1.82) is 0 Å². The van der Waals surface area contributed by atoms with Crippen molar-refractivity contribution in [3.63, 3.8) is 0 Å². The Morgan fingerprint density at radius 3 is 2.63 bits per heavy atom. The topological polar surface area (TPSA) is 77.0 Å². The van der Waals surface area contributed by atoms with Gasteiger partial charge in [-0.25, -0.2) is 0 Å². The molecule has 2 fully saturated rings. The third-order valence-corrected chi connectivity index (χ3v) is 4.97. The van der Waals surface area contributed by atoms with E-state index in [1.807, 2.05) is 30.3 Å². The van der Waals surface area contributed by atoms with Gasteiger partial charge in [0.2, 0.25) is 0 Å². The molecule has 2 N–H and O–H groups in total. The van der Waals surface area contributed by atoms with Gasteiger partial charge in [-0.2, -0.15) is 0 Å². The van der Waals surface area contributed by atoms with Crippen molar-refractivity contribution in [3.05, 3.63) is 65.7 Å². The normalized spacial score (nSPS) is 26.6. The molecule has 0 spiro atoms. The molecular formula is C21H23NO5. The monoisotopic (exact) mass is 369 g/mol. The predicted molar refractivity (Wildman–Crippen MR) is 98.8 cm³/mol. The van der Waals surface area contributed by atoms with Crippen molar-refractivity contribution in [1.82, 2.24) is 5.32 Å². The first-order valence-electron chi connectivity index (χ1n) is 9.20. The highest BCUT2D eigenvalue weighted by Crippen LogP contribution is 2.27. The molecule has 2 saturated heterocycles. The van der Waals surface area contributed by atoms with Gasteiger partial charge in [0.25, 0.3) is 5.91 Å². The zero-order chi connectivity index (χ0) is 18.6. The van der Waals surface area contributed by atoms with E-state index in [-0.39, 0.29) is 30.8 Å². The summed E-state index contributed by atoms with van der Waals surface area (Å²) in [5.41, 5.74) is 1.66. The summed E-state index contributed by atoms with van der Waals surface area (Å²) >= 11 is 0. The Bertz CT molecular complexity index is 781. The van der Waals surface area contributed by atoms with Crippen LogP contribution < -0.4 is 10.1 Å². The molecule has 0 radical (unpaired) electrons. The molecule has 0 unspecified atom stereocenters. The first-order chi connectivity index (χ1) is 13.2. The van der Waals surface area contributed by atoms with Crippen LogP contribution in [0.1, 0.15) is 15.9 Å². The van der Waals surface area contributed by atoms with Gasteiger partial charge >= 0.3 is 0 Å². The number of fused-ring (bicyclic) bond motifs is 1. The summed E-state index contributed by atoms with van der Waals surface area (Å²) < 4.78 is 17.0. The van der Waals surface area contributed by atoms with Crippen LogP contribution in [0.2, 0.25) is 0 Å². The van der Waals surface area contributed by atoms with Crippen molar-refractivity contribution < 1.29 is 24.1 Å². The molecule has 2 aromatic rings. The van der Waals surface area contributed by atoms with Crippen molar-refractivity contribution in [2.75, 3.05) is 19.8 Å². The van der Waals surface area contributed by atoms with E-state index in [0.717, 1.165) is 6.42 Å². The number of aliphatic hydroxyl groups excluding tert-OH is 1. The molecule has 0 saturated carbocycles. The van der Waals surface area contributed by atoms with Crippen LogP contribution >= 0.6 is 0 Å². The van der Waals surface area contributed by atoms with E-state index in [1.165, 1.54) is 5.56 Å². The van der Waals surface area contributed by atoms with Crippen LogP contribution in [0.5, 0.6) is 5.75 Å². The summed E-state index contributed by atoms with van der Waals surface area (Å²) in [6, 6.07) is 17.0. The number of carbonyl (C=O) groups is 1. The van der Waals surface area contributed by atoms with Crippen LogP contribution in [0.4, 0.5) is 0 Å². The van der Waals surface area contributed by atoms with E-state index in [2.05, 4.69) is 17.4 Å². The number of rotatable bonds is 6. The van der Waals surface area contributed by atoms with Crippen molar-refractivity contribution >= 4 is 5.91 Å². The van der Waals surface area contributed by atoms with Crippen molar-refractivity contribution in [3.8, 4) is 5.75 Å². The lowest BCUT2D eigenvalue weighted by Crippen LogP contribution is -2.44. The zero-order valence-corrected chi connectivity index (χ0v) is 14.9. The molecule has 2 heterocycles. The lowest BCUT2D eigenvalue weighted by molar-refractivity contribution is 0.0178. The summed E-state index contributed by atoms with van der Waals surface area (Å²) in [5.74, 6) is 0.318. The molecule has 6 nitrogen and oxygen atoms in total. The maximum absolute atomic E-state index is 12.8. The van der Waals surface area contributed by atoms with Gasteiger partial charge in [-0.05, 0) is 17.7 Å². The predicted octanol–water partition coefficient (Wildman–Crippen LogP) is 1.56. The number of aliphatic hydroxyl groups is 1. The standard InChI is InChI=1S/C21H23NO5/c23-17-13-27-19-16(12-26-20(17)19)22-21(24)15-8-4-5-9-18(15)25-11-10-14-6-2-1-3-7-14/h1-9,16-17,19-20,23H,10-13H2,(H,22,24)/t16-,17-,19+,20+/m0/s1. The van der Waals surface area contributed by atoms with E-state index in [1.54, 1.807) is 12.1 Å². The minimum absolute atomic E-state index is 0.232. The highest BCUT2D eigenvalue weighted by atomic mass is 16.6. The lowest BCUT2D eigenvalue weighted by atomic mass is 10.1. The number of benzene rings is 2. The fraction of sp³-hybridized carbons (Fsp3) is 0.381. The first kappa shape index (κ1) is 18.0. The van der Waals surface area contributed by atoms with Gasteiger partial charge in [-0.15, -0.1) is 0 Å². The van der Waals surface area contributed by atoms with Gasteiger partial charge in [-0.1, -0.05) is 42.5 Å². The fourth-order valence-corrected chi connectivity index (χ4v) is 3.55. The second kappa shape index (κ2) is 8.08. The van der Waals surface area contributed by atoms with Gasteiger partial charge in [0.15, 0.2) is 0 Å². The molecule has 4 rings (SSSR count). The molecule has 2 aliphatic heterocycles. The highest BCUT2D eigenvalue weighted by molar-refractivity contribution is 5.97. The minimum Gasteiger partial charge on any atom is -0.492 e. The molecule has 142 valence electrons. The molecule has 2 aliphatic rings. The van der Waals surface area contributed by atoms with Crippen LogP contribution in [0.25, 0.3) is 0 Å². The Morgan fingerprint density at radius 1 is 1.04 bits per heavy atom. The number of hydrogen-bond donors (Lipinski definition) is 2. The molecule has 4 atom stereocenters. The molecular weight excluding hydrogens is 346 g/mol. The average molecular weight is 369 g/mol. The fourth-order valence-electron chi connectivity index (χ4n) is 3.55. The van der Waals surface area contributed by atoms with Crippen LogP contribution in [0, 0.1) is 0 Å². The summed E-state index contributed by atoms with van der Waals surface area (Å²) in [7, 11) is 0. The summed E-state index contributed by atoms with van der Waals surface area (Å²) in [6.07, 6.45) is -0.545. The smallest absolute Gasteiger partial charge is 0.255 e. The van der Waals surface area contributed by atoms with Crippen LogP contribution in [-0.4, -0.2) is 55.2 Å². The summed E-state index contributed by atoms with van der Waals surface area (Å²) in [6.45, 7) is 1.05. The third kappa shape index (κ3) is 3.98. The Labute approximate surface area is 158 Å². The molecule has 27 heavy (non-hydrogen) atoms. The number of amides is 1. The molecule has 0 aliphatic carbocycles. The molecule has 1 amide bonds. The van der Waals surface area contributed by atoms with Gasteiger partial charge < -0.3 is 24.6 Å². The number of carbonyl (C=O) groups excluding carboxylic acids is 1. The Balaban J connectivity index is 1.38. The summed E-state index contributed by atoms with van der Waals surface area (Å²) in [4.78, 5) is 12.8. The first-order valence-corrected chi connectivity index (χ1v) is 9.20. The van der Waals surface area contributed by atoms with E-state index in [0.29, 0.717) is 24.5 Å². The van der Waals surface area contributed by atoms with Crippen molar-refractivity contribution in [2.45, 2.75) is 30.8 Å². The number of ether oxygens (including phenoxy) is 3. The Hall–Kier alpha value is -2.41. The second-order valence-electron chi connectivity index (χ2n) is 6.82. The van der Waals surface area contributed by atoms with Crippen LogP contribution in [-0.2, 0) is 15.9 Å². The molecule has 6 heteroatoms. The Kier molecular flexibility index (Phi) is 5.38. The molecule has 0 aromatic heterocycles.